The predicted octanol–water partition coefficient (Wildman–Crippen LogP) is 2.83. The second-order valence-electron chi connectivity index (χ2n) is 8.14. The Morgan fingerprint density at radius 1 is 0.909 bits per heavy atom. The van der Waals surface area contributed by atoms with Gasteiger partial charge in [-0.3, -0.25) is 19.2 Å². The van der Waals surface area contributed by atoms with Crippen molar-refractivity contribution in [3.05, 3.63) is 23.8 Å². The van der Waals surface area contributed by atoms with Crippen molar-refractivity contribution < 1.29 is 38.1 Å². The Morgan fingerprint density at radius 3 is 2.06 bits per heavy atom. The Bertz CT molecular complexity index is 819. The van der Waals surface area contributed by atoms with Crippen molar-refractivity contribution in [2.45, 2.75) is 59.9 Å². The largest absolute Gasteiger partial charge is 0.468 e. The molecule has 0 aliphatic carbocycles. The van der Waals surface area contributed by atoms with Gasteiger partial charge in [0, 0.05) is 13.0 Å². The Balaban J connectivity index is 2.99. The summed E-state index contributed by atoms with van der Waals surface area (Å²) in [5.41, 5.74) is 0.650. The molecule has 9 nitrogen and oxygen atoms in total. The van der Waals surface area contributed by atoms with E-state index in [9.17, 15) is 19.2 Å². The molecule has 0 aliphatic heterocycles. The van der Waals surface area contributed by atoms with E-state index in [0.29, 0.717) is 18.4 Å². The maximum absolute atomic E-state index is 12.2. The van der Waals surface area contributed by atoms with Crippen LogP contribution in [-0.2, 0) is 35.1 Å². The molecule has 0 aliphatic rings. The quantitative estimate of drug-likeness (QED) is 0.266. The van der Waals surface area contributed by atoms with Gasteiger partial charge in [-0.15, -0.1) is 0 Å². The topological polar surface area (TPSA) is 117 Å². The van der Waals surface area contributed by atoms with Gasteiger partial charge in [0.2, 0.25) is 0 Å². The van der Waals surface area contributed by atoms with Crippen LogP contribution in [0.5, 0.6) is 11.5 Å². The molecule has 184 valence electrons. The highest BCUT2D eigenvalue weighted by molar-refractivity contribution is 5.78. The molecule has 0 amide bonds. The van der Waals surface area contributed by atoms with Crippen LogP contribution in [0.25, 0.3) is 0 Å². The lowest BCUT2D eigenvalue weighted by molar-refractivity contribution is -0.144. The highest BCUT2D eigenvalue weighted by atomic mass is 16.6. The maximum Gasteiger partial charge on any atom is 0.323 e. The Hall–Kier alpha value is -2.94. The van der Waals surface area contributed by atoms with Crippen LogP contribution in [0.1, 0.15) is 53.0 Å². The fourth-order valence-electron chi connectivity index (χ4n) is 2.59. The van der Waals surface area contributed by atoms with Crippen molar-refractivity contribution >= 4 is 23.9 Å². The third-order valence-corrected chi connectivity index (χ3v) is 4.51. The third-order valence-electron chi connectivity index (χ3n) is 4.51. The monoisotopic (exact) mass is 465 g/mol. The summed E-state index contributed by atoms with van der Waals surface area (Å²) in [6, 6.07) is 4.04. The zero-order chi connectivity index (χ0) is 25.0. The highest BCUT2D eigenvalue weighted by Crippen LogP contribution is 2.30. The van der Waals surface area contributed by atoms with Gasteiger partial charge in [-0.1, -0.05) is 40.7 Å². The van der Waals surface area contributed by atoms with Crippen LogP contribution in [0.3, 0.4) is 0 Å². The molecule has 33 heavy (non-hydrogen) atoms. The van der Waals surface area contributed by atoms with Crippen molar-refractivity contribution in [3.8, 4) is 11.5 Å². The first-order valence-electron chi connectivity index (χ1n) is 11.1. The van der Waals surface area contributed by atoms with Gasteiger partial charge >= 0.3 is 23.9 Å². The maximum atomic E-state index is 12.2. The van der Waals surface area contributed by atoms with Crippen LogP contribution >= 0.6 is 0 Å². The van der Waals surface area contributed by atoms with E-state index in [0.717, 1.165) is 0 Å². The van der Waals surface area contributed by atoms with E-state index in [4.69, 9.17) is 18.9 Å². The van der Waals surface area contributed by atoms with Gasteiger partial charge in [0.1, 0.15) is 12.6 Å². The smallest absolute Gasteiger partial charge is 0.323 e. The molecular formula is C24H35NO8. The Kier molecular flexibility index (Phi) is 12.1. The van der Waals surface area contributed by atoms with Crippen LogP contribution in [-0.4, -0.2) is 50.2 Å². The fourth-order valence-corrected chi connectivity index (χ4v) is 2.59. The number of hydrogen-bond acceptors (Lipinski definition) is 9. The molecule has 0 unspecified atom stereocenters. The molecule has 0 aromatic heterocycles. The van der Waals surface area contributed by atoms with E-state index in [1.807, 2.05) is 6.92 Å². The van der Waals surface area contributed by atoms with Crippen molar-refractivity contribution in [1.82, 2.24) is 5.32 Å². The molecule has 0 heterocycles. The summed E-state index contributed by atoms with van der Waals surface area (Å²) in [5.74, 6) is -2.26. The molecule has 1 atom stereocenters. The average Bonchev–Trinajstić information content (AvgIpc) is 2.76. The van der Waals surface area contributed by atoms with Gasteiger partial charge in [0.05, 0.1) is 18.9 Å². The summed E-state index contributed by atoms with van der Waals surface area (Å²) in [4.78, 5) is 47.9. The van der Waals surface area contributed by atoms with Gasteiger partial charge in [-0.05, 0) is 30.5 Å². The summed E-state index contributed by atoms with van der Waals surface area (Å²) in [6.45, 7) is 9.04. The van der Waals surface area contributed by atoms with Crippen LogP contribution in [0.4, 0.5) is 0 Å². The van der Waals surface area contributed by atoms with Crippen LogP contribution < -0.4 is 14.8 Å². The lowest BCUT2D eigenvalue weighted by Gasteiger charge is -2.18. The zero-order valence-electron chi connectivity index (χ0n) is 20.3. The molecule has 1 rings (SSSR count). The molecule has 1 aromatic rings. The van der Waals surface area contributed by atoms with E-state index in [-0.39, 0.29) is 48.9 Å². The van der Waals surface area contributed by atoms with Crippen LogP contribution in [0.15, 0.2) is 18.2 Å². The van der Waals surface area contributed by atoms with Crippen molar-refractivity contribution in [1.29, 1.82) is 0 Å². The van der Waals surface area contributed by atoms with Crippen LogP contribution in [0.2, 0.25) is 0 Å². The van der Waals surface area contributed by atoms with Crippen molar-refractivity contribution in [2.75, 3.05) is 20.3 Å². The second kappa shape index (κ2) is 14.3. The van der Waals surface area contributed by atoms with Gasteiger partial charge in [-0.2, -0.15) is 0 Å². The van der Waals surface area contributed by atoms with Gasteiger partial charge < -0.3 is 24.3 Å². The third kappa shape index (κ3) is 10.0. The second-order valence-corrected chi connectivity index (χ2v) is 8.14. The summed E-state index contributed by atoms with van der Waals surface area (Å²) >= 11 is 0. The molecule has 0 radical (unpaired) electrons. The summed E-state index contributed by atoms with van der Waals surface area (Å²) in [7, 11) is 1.28. The summed E-state index contributed by atoms with van der Waals surface area (Å²) in [5, 5.41) is 3.01. The van der Waals surface area contributed by atoms with E-state index < -0.39 is 23.9 Å². The number of benzene rings is 1. The number of carbonyl (C=O) groups excluding carboxylic acids is 4. The summed E-state index contributed by atoms with van der Waals surface area (Å²) < 4.78 is 20.8. The first kappa shape index (κ1) is 28.1. The molecule has 0 fully saturated rings. The number of esters is 4. The number of hydrogen-bond donors (Lipinski definition) is 1. The van der Waals surface area contributed by atoms with E-state index in [2.05, 4.69) is 5.32 Å². The standard InChI is InChI=1S/C24H35NO8/c1-7-8-21(26)31-12-11-25-18(24(29)30-6)13-17-9-10-19(32-22(27)15(2)3)20(14-17)33-23(28)16(4)5/h9-10,14-16,18,25H,7-8,11-13H2,1-6H3/t18-/m0/s1. The lowest BCUT2D eigenvalue weighted by atomic mass is 10.0. The summed E-state index contributed by atoms with van der Waals surface area (Å²) in [6.07, 6.45) is 1.25. The molecule has 0 bridgehead atoms. The van der Waals surface area contributed by atoms with Crippen molar-refractivity contribution in [2.24, 2.45) is 11.8 Å². The highest BCUT2D eigenvalue weighted by Gasteiger charge is 2.22. The minimum absolute atomic E-state index is 0.0947. The van der Waals surface area contributed by atoms with Gasteiger partial charge in [0.15, 0.2) is 11.5 Å². The van der Waals surface area contributed by atoms with Crippen LogP contribution in [0, 0.1) is 11.8 Å². The van der Waals surface area contributed by atoms with E-state index >= 15 is 0 Å². The molecule has 0 spiro atoms. The lowest BCUT2D eigenvalue weighted by Crippen LogP contribution is -2.41. The molecular weight excluding hydrogens is 430 g/mol. The molecule has 0 saturated carbocycles. The number of ether oxygens (including phenoxy) is 4. The molecule has 1 aromatic carbocycles. The van der Waals surface area contributed by atoms with Crippen molar-refractivity contribution in [3.63, 3.8) is 0 Å². The normalized spacial score (nSPS) is 11.8. The number of carbonyl (C=O) groups is 4. The Labute approximate surface area is 195 Å². The number of methoxy groups -OCH3 is 1. The predicted molar refractivity (Wildman–Crippen MR) is 121 cm³/mol. The first-order chi connectivity index (χ1) is 15.6. The van der Waals surface area contributed by atoms with Gasteiger partial charge in [0.25, 0.3) is 0 Å². The van der Waals surface area contributed by atoms with E-state index in [1.165, 1.54) is 13.2 Å². The molecule has 9 heteroatoms. The minimum Gasteiger partial charge on any atom is -0.468 e. The SMILES string of the molecule is CCCC(=O)OCCN[C@@H](Cc1ccc(OC(=O)C(C)C)c(OC(=O)C(C)C)c1)C(=O)OC. The minimum atomic E-state index is -0.724. The fraction of sp³-hybridized carbons (Fsp3) is 0.583. The number of rotatable bonds is 13. The molecule has 1 N–H and O–H groups in total. The molecule has 0 saturated heterocycles. The number of nitrogens with one attached hydrogen (secondary N) is 1. The van der Waals surface area contributed by atoms with Gasteiger partial charge in [-0.25, -0.2) is 0 Å². The zero-order valence-corrected chi connectivity index (χ0v) is 20.3. The Morgan fingerprint density at radius 2 is 1.52 bits per heavy atom. The van der Waals surface area contributed by atoms with E-state index in [1.54, 1.807) is 39.8 Å². The first-order valence-corrected chi connectivity index (χ1v) is 11.1. The average molecular weight is 466 g/mol.